The van der Waals surface area contributed by atoms with Crippen molar-refractivity contribution in [3.63, 3.8) is 0 Å². The number of hydrogen-bond acceptors (Lipinski definition) is 2. The molecule has 0 aliphatic heterocycles. The lowest BCUT2D eigenvalue weighted by molar-refractivity contribution is -0.119. The average Bonchev–Trinajstić information content (AvgIpc) is 2.30. The molecule has 0 heterocycles. The lowest BCUT2D eigenvalue weighted by atomic mass is 10.2. The van der Waals surface area contributed by atoms with Crippen LogP contribution in [-0.2, 0) is 4.79 Å². The Balaban J connectivity index is 0.00000289. The number of aryl methyl sites for hydroxylation is 1. The van der Waals surface area contributed by atoms with Gasteiger partial charge in [0.1, 0.15) is 6.54 Å². The van der Waals surface area contributed by atoms with E-state index in [1.807, 2.05) is 38.1 Å². The van der Waals surface area contributed by atoms with Crippen molar-refractivity contribution in [3.8, 4) is 0 Å². The van der Waals surface area contributed by atoms with Crippen LogP contribution in [0.25, 0.3) is 0 Å². The van der Waals surface area contributed by atoms with E-state index in [2.05, 4.69) is 15.6 Å². The highest BCUT2D eigenvalue weighted by atomic mass is 127. The zero-order valence-electron chi connectivity index (χ0n) is 10.6. The minimum Gasteiger partial charge on any atom is -0.370 e. The van der Waals surface area contributed by atoms with Crippen molar-refractivity contribution in [1.29, 1.82) is 0 Å². The smallest absolute Gasteiger partial charge is 0.241 e. The molecule has 0 aliphatic carbocycles. The maximum absolute atomic E-state index is 11.1. The lowest BCUT2D eigenvalue weighted by Crippen LogP contribution is -2.28. The third kappa shape index (κ3) is 6.43. The van der Waals surface area contributed by atoms with Gasteiger partial charge in [0.25, 0.3) is 0 Å². The van der Waals surface area contributed by atoms with Gasteiger partial charge in [-0.3, -0.25) is 4.79 Å². The number of nitrogens with two attached hydrogens (primary N) is 1. The molecule has 6 heteroatoms. The van der Waals surface area contributed by atoms with E-state index in [-0.39, 0.29) is 42.4 Å². The van der Waals surface area contributed by atoms with Crippen molar-refractivity contribution in [2.24, 2.45) is 10.7 Å². The van der Waals surface area contributed by atoms with Gasteiger partial charge in [0, 0.05) is 12.2 Å². The lowest BCUT2D eigenvalue weighted by Gasteiger charge is -2.05. The Morgan fingerprint density at radius 3 is 2.50 bits per heavy atom. The number of amides is 1. The first-order valence-electron chi connectivity index (χ1n) is 5.52. The molecule has 0 unspecified atom stereocenters. The SMILES string of the molecule is CCNC(=O)CN=C(N)Nc1ccc(C)cc1.I. The Hall–Kier alpha value is -1.31. The molecule has 0 aliphatic rings. The molecule has 0 aromatic heterocycles. The van der Waals surface area contributed by atoms with Gasteiger partial charge in [0.2, 0.25) is 5.91 Å². The third-order valence-corrected chi connectivity index (χ3v) is 2.09. The molecule has 4 N–H and O–H groups in total. The van der Waals surface area contributed by atoms with Crippen LogP contribution >= 0.6 is 24.0 Å². The van der Waals surface area contributed by atoms with Gasteiger partial charge < -0.3 is 16.4 Å². The first-order chi connectivity index (χ1) is 8.11. The van der Waals surface area contributed by atoms with Crippen LogP contribution in [0.3, 0.4) is 0 Å². The van der Waals surface area contributed by atoms with E-state index in [9.17, 15) is 4.79 Å². The number of nitrogens with zero attached hydrogens (tertiary/aromatic N) is 1. The van der Waals surface area contributed by atoms with Gasteiger partial charge in [-0.2, -0.15) is 0 Å². The fraction of sp³-hybridized carbons (Fsp3) is 0.333. The van der Waals surface area contributed by atoms with Crippen LogP contribution in [0.1, 0.15) is 12.5 Å². The average molecular weight is 362 g/mol. The van der Waals surface area contributed by atoms with E-state index in [1.165, 1.54) is 5.56 Å². The molecular formula is C12H19IN4O. The number of carbonyl (C=O) groups excluding carboxylic acids is 1. The summed E-state index contributed by atoms with van der Waals surface area (Å²) in [6.07, 6.45) is 0. The Morgan fingerprint density at radius 1 is 1.33 bits per heavy atom. The second kappa shape index (κ2) is 8.73. The molecule has 1 rings (SSSR count). The van der Waals surface area contributed by atoms with E-state index in [0.29, 0.717) is 6.54 Å². The van der Waals surface area contributed by atoms with Crippen molar-refractivity contribution in [2.75, 3.05) is 18.4 Å². The van der Waals surface area contributed by atoms with Gasteiger partial charge in [-0.1, -0.05) is 17.7 Å². The summed E-state index contributed by atoms with van der Waals surface area (Å²) in [4.78, 5) is 15.1. The minimum absolute atomic E-state index is 0. The molecule has 0 spiro atoms. The number of carbonyl (C=O) groups is 1. The summed E-state index contributed by atoms with van der Waals surface area (Å²) in [6.45, 7) is 4.50. The molecule has 100 valence electrons. The van der Waals surface area contributed by atoms with Crippen LogP contribution < -0.4 is 16.4 Å². The highest BCUT2D eigenvalue weighted by Crippen LogP contribution is 2.07. The van der Waals surface area contributed by atoms with Crippen molar-refractivity contribution < 1.29 is 4.79 Å². The fourth-order valence-corrected chi connectivity index (χ4v) is 1.23. The van der Waals surface area contributed by atoms with E-state index >= 15 is 0 Å². The second-order valence-electron chi connectivity index (χ2n) is 3.65. The zero-order chi connectivity index (χ0) is 12.7. The topological polar surface area (TPSA) is 79.5 Å². The van der Waals surface area contributed by atoms with Gasteiger partial charge in [0.15, 0.2) is 5.96 Å². The standard InChI is InChI=1S/C12H18N4O.HI/c1-3-14-11(17)8-15-12(13)16-10-6-4-9(2)5-7-10;/h4-7H,3,8H2,1-2H3,(H,14,17)(H3,13,15,16);1H. The molecule has 0 fully saturated rings. The molecule has 0 radical (unpaired) electrons. The van der Waals surface area contributed by atoms with Crippen LogP contribution in [0, 0.1) is 6.92 Å². The summed E-state index contributed by atoms with van der Waals surface area (Å²) in [5.74, 6) is 0.0984. The van der Waals surface area contributed by atoms with Gasteiger partial charge >= 0.3 is 0 Å². The first kappa shape index (κ1) is 16.7. The molecule has 1 aromatic rings. The van der Waals surface area contributed by atoms with Gasteiger partial charge in [-0.25, -0.2) is 4.99 Å². The summed E-state index contributed by atoms with van der Waals surface area (Å²) < 4.78 is 0. The Morgan fingerprint density at radius 2 is 1.94 bits per heavy atom. The molecule has 5 nitrogen and oxygen atoms in total. The monoisotopic (exact) mass is 362 g/mol. The highest BCUT2D eigenvalue weighted by molar-refractivity contribution is 14.0. The largest absolute Gasteiger partial charge is 0.370 e. The quantitative estimate of drug-likeness (QED) is 0.431. The number of hydrogen-bond donors (Lipinski definition) is 3. The number of benzene rings is 1. The van der Waals surface area contributed by atoms with Crippen LogP contribution in [0.4, 0.5) is 5.69 Å². The Kier molecular flexibility index (Phi) is 8.10. The number of rotatable bonds is 4. The van der Waals surface area contributed by atoms with Crippen molar-refractivity contribution in [3.05, 3.63) is 29.8 Å². The van der Waals surface area contributed by atoms with Crippen LogP contribution in [0.2, 0.25) is 0 Å². The molecule has 0 bridgehead atoms. The highest BCUT2D eigenvalue weighted by Gasteiger charge is 1.98. The van der Waals surface area contributed by atoms with E-state index in [4.69, 9.17) is 5.73 Å². The number of halogens is 1. The zero-order valence-corrected chi connectivity index (χ0v) is 12.9. The minimum atomic E-state index is -0.138. The number of guanidine groups is 1. The molecule has 18 heavy (non-hydrogen) atoms. The third-order valence-electron chi connectivity index (χ3n) is 2.09. The molecule has 0 atom stereocenters. The molecule has 1 amide bonds. The number of likely N-dealkylation sites (N-methyl/N-ethyl adjacent to an activating group) is 1. The Bertz CT molecular complexity index is 403. The molecule has 0 saturated carbocycles. The summed E-state index contributed by atoms with van der Waals surface area (Å²) >= 11 is 0. The fourth-order valence-electron chi connectivity index (χ4n) is 1.23. The molecular weight excluding hydrogens is 343 g/mol. The van der Waals surface area contributed by atoms with Gasteiger partial charge in [-0.15, -0.1) is 24.0 Å². The van der Waals surface area contributed by atoms with Crippen LogP contribution in [-0.4, -0.2) is 25.0 Å². The van der Waals surface area contributed by atoms with E-state index < -0.39 is 0 Å². The molecule has 0 saturated heterocycles. The summed E-state index contributed by atoms with van der Waals surface area (Å²) in [6, 6.07) is 7.76. The number of nitrogens with one attached hydrogen (secondary N) is 2. The normalized spacial score (nSPS) is 10.4. The summed E-state index contributed by atoms with van der Waals surface area (Å²) in [7, 11) is 0. The Labute approximate surface area is 124 Å². The second-order valence-corrected chi connectivity index (χ2v) is 3.65. The van der Waals surface area contributed by atoms with Crippen molar-refractivity contribution in [1.82, 2.24) is 5.32 Å². The summed E-state index contributed by atoms with van der Waals surface area (Å²) in [5, 5.41) is 5.56. The van der Waals surface area contributed by atoms with Crippen molar-refractivity contribution >= 4 is 41.5 Å². The van der Waals surface area contributed by atoms with Gasteiger partial charge in [0.05, 0.1) is 0 Å². The molecule has 1 aromatic carbocycles. The van der Waals surface area contributed by atoms with Crippen LogP contribution in [0.5, 0.6) is 0 Å². The first-order valence-corrected chi connectivity index (χ1v) is 5.52. The number of aliphatic imine (C=N–C) groups is 1. The maximum atomic E-state index is 11.1. The summed E-state index contributed by atoms with van der Waals surface area (Å²) in [5.41, 5.74) is 7.68. The van der Waals surface area contributed by atoms with Gasteiger partial charge in [-0.05, 0) is 26.0 Å². The van der Waals surface area contributed by atoms with E-state index in [1.54, 1.807) is 0 Å². The van der Waals surface area contributed by atoms with E-state index in [0.717, 1.165) is 5.69 Å². The van der Waals surface area contributed by atoms with Crippen LogP contribution in [0.15, 0.2) is 29.3 Å². The predicted molar refractivity (Wildman–Crippen MR) is 85.4 cm³/mol. The predicted octanol–water partition coefficient (Wildman–Crippen LogP) is 1.48. The van der Waals surface area contributed by atoms with Crippen molar-refractivity contribution in [2.45, 2.75) is 13.8 Å². The number of anilines is 1. The maximum Gasteiger partial charge on any atom is 0.241 e.